The van der Waals surface area contributed by atoms with Crippen LogP contribution in [0.25, 0.3) is 10.9 Å². The smallest absolute Gasteiger partial charge is 0.255 e. The van der Waals surface area contributed by atoms with Crippen LogP contribution in [0, 0.1) is 0 Å². The highest BCUT2D eigenvalue weighted by atomic mass is 16.5. The van der Waals surface area contributed by atoms with E-state index in [0.29, 0.717) is 18.1 Å². The fourth-order valence-electron chi connectivity index (χ4n) is 5.39. The molecule has 6 rings (SSSR count). The molecule has 0 N–H and O–H groups in total. The first-order valence-corrected chi connectivity index (χ1v) is 11.0. The molecule has 2 atom stereocenters. The van der Waals surface area contributed by atoms with Crippen LogP contribution in [0.2, 0.25) is 0 Å². The first-order valence-electron chi connectivity index (χ1n) is 11.0. The van der Waals surface area contributed by atoms with E-state index in [1.807, 2.05) is 18.3 Å². The molecule has 4 aliphatic rings. The zero-order valence-corrected chi connectivity index (χ0v) is 16.7. The number of nitrogens with zero attached hydrogens (tertiary/aromatic N) is 3. The Hall–Kier alpha value is -2.40. The van der Waals surface area contributed by atoms with Crippen molar-refractivity contribution in [1.29, 1.82) is 0 Å². The van der Waals surface area contributed by atoms with Crippen LogP contribution in [-0.4, -0.2) is 53.4 Å². The van der Waals surface area contributed by atoms with E-state index in [0.717, 1.165) is 74.7 Å². The van der Waals surface area contributed by atoms with Gasteiger partial charge in [0.25, 0.3) is 5.91 Å². The SMILES string of the molecule is O=C(c1cccc2c1ccn2C1CCOC1)N(C1CC1)C1CCC2=C(C=NC2)C1. The van der Waals surface area contributed by atoms with E-state index < -0.39 is 0 Å². The van der Waals surface area contributed by atoms with Gasteiger partial charge in [0.05, 0.1) is 19.2 Å². The average Bonchev–Trinajstić information content (AvgIpc) is 3.16. The van der Waals surface area contributed by atoms with E-state index in [4.69, 9.17) is 4.74 Å². The molecule has 150 valence electrons. The molecule has 1 aromatic heterocycles. The fraction of sp³-hybridized carbons (Fsp3) is 0.500. The van der Waals surface area contributed by atoms with Gasteiger partial charge in [-0.1, -0.05) is 6.07 Å². The summed E-state index contributed by atoms with van der Waals surface area (Å²) in [5, 5.41) is 1.08. The van der Waals surface area contributed by atoms with Gasteiger partial charge in [0.1, 0.15) is 0 Å². The maximum Gasteiger partial charge on any atom is 0.255 e. The summed E-state index contributed by atoms with van der Waals surface area (Å²) in [6, 6.07) is 9.41. The van der Waals surface area contributed by atoms with Crippen LogP contribution in [-0.2, 0) is 4.74 Å². The zero-order chi connectivity index (χ0) is 19.4. The largest absolute Gasteiger partial charge is 0.379 e. The lowest BCUT2D eigenvalue weighted by Gasteiger charge is -2.35. The summed E-state index contributed by atoms with van der Waals surface area (Å²) in [7, 11) is 0. The van der Waals surface area contributed by atoms with E-state index in [2.05, 4.69) is 32.8 Å². The van der Waals surface area contributed by atoms with E-state index in [1.54, 1.807) is 0 Å². The van der Waals surface area contributed by atoms with Gasteiger partial charge in [-0.3, -0.25) is 9.79 Å². The van der Waals surface area contributed by atoms with Gasteiger partial charge in [0, 0.05) is 47.6 Å². The summed E-state index contributed by atoms with van der Waals surface area (Å²) in [6.45, 7) is 2.45. The molecule has 29 heavy (non-hydrogen) atoms. The standard InChI is InChI=1S/C24H27N3O2/c28-24(27(18-6-7-18)19-5-4-16-13-25-14-17(16)12-19)22-2-1-3-23-21(22)8-10-26(23)20-9-11-29-15-20/h1-3,8,10,14,18-20H,4-7,9,11-13,15H2. The Balaban J connectivity index is 1.34. The van der Waals surface area contributed by atoms with Gasteiger partial charge >= 0.3 is 0 Å². The van der Waals surface area contributed by atoms with E-state index >= 15 is 0 Å². The topological polar surface area (TPSA) is 46.8 Å². The van der Waals surface area contributed by atoms with Crippen molar-refractivity contribution in [2.24, 2.45) is 4.99 Å². The van der Waals surface area contributed by atoms with Crippen molar-refractivity contribution < 1.29 is 9.53 Å². The Morgan fingerprint density at radius 1 is 1.14 bits per heavy atom. The summed E-state index contributed by atoms with van der Waals surface area (Å²) < 4.78 is 7.89. The second-order valence-corrected chi connectivity index (χ2v) is 8.92. The highest BCUT2D eigenvalue weighted by Crippen LogP contribution is 2.38. The molecular formula is C24H27N3O2. The number of carbonyl (C=O) groups excluding carboxylic acids is 1. The lowest BCUT2D eigenvalue weighted by molar-refractivity contribution is 0.0647. The predicted octanol–water partition coefficient (Wildman–Crippen LogP) is 4.14. The lowest BCUT2D eigenvalue weighted by Crippen LogP contribution is -2.43. The number of rotatable bonds is 4. The highest BCUT2D eigenvalue weighted by Gasteiger charge is 2.40. The zero-order valence-electron chi connectivity index (χ0n) is 16.7. The number of amides is 1. The summed E-state index contributed by atoms with van der Waals surface area (Å²) >= 11 is 0. The van der Waals surface area contributed by atoms with Gasteiger partial charge in [0.15, 0.2) is 0 Å². The first kappa shape index (κ1) is 17.5. The molecule has 5 heteroatoms. The van der Waals surface area contributed by atoms with Crippen molar-refractivity contribution in [3.05, 3.63) is 47.2 Å². The predicted molar refractivity (Wildman–Crippen MR) is 114 cm³/mol. The van der Waals surface area contributed by atoms with Crippen LogP contribution in [0.15, 0.2) is 46.6 Å². The second-order valence-electron chi connectivity index (χ2n) is 8.92. The minimum atomic E-state index is 0.211. The number of ether oxygens (including phenoxy) is 1. The molecular weight excluding hydrogens is 362 g/mol. The molecule has 5 nitrogen and oxygen atoms in total. The van der Waals surface area contributed by atoms with E-state index in [-0.39, 0.29) is 5.91 Å². The van der Waals surface area contributed by atoms with Crippen LogP contribution >= 0.6 is 0 Å². The van der Waals surface area contributed by atoms with Crippen molar-refractivity contribution in [3.8, 4) is 0 Å². The Bertz CT molecular complexity index is 1020. The quantitative estimate of drug-likeness (QED) is 0.789. The van der Waals surface area contributed by atoms with Gasteiger partial charge in [0.2, 0.25) is 0 Å². The van der Waals surface area contributed by atoms with Gasteiger partial charge < -0.3 is 14.2 Å². The average molecular weight is 389 g/mol. The highest BCUT2D eigenvalue weighted by molar-refractivity contribution is 6.07. The molecule has 0 radical (unpaired) electrons. The minimum Gasteiger partial charge on any atom is -0.379 e. The third-order valence-corrected chi connectivity index (χ3v) is 7.08. The maximum atomic E-state index is 13.8. The van der Waals surface area contributed by atoms with Crippen molar-refractivity contribution in [1.82, 2.24) is 9.47 Å². The molecule has 1 aromatic carbocycles. The molecule has 0 bridgehead atoms. The van der Waals surface area contributed by atoms with Gasteiger partial charge in [-0.15, -0.1) is 0 Å². The summed E-state index contributed by atoms with van der Waals surface area (Å²) in [6.07, 6.45) is 10.6. The van der Waals surface area contributed by atoms with Gasteiger partial charge in [-0.2, -0.15) is 0 Å². The first-order chi connectivity index (χ1) is 14.3. The van der Waals surface area contributed by atoms with Crippen LogP contribution in [0.5, 0.6) is 0 Å². The number of carbonyl (C=O) groups is 1. The molecule has 1 saturated carbocycles. The van der Waals surface area contributed by atoms with Crippen molar-refractivity contribution in [3.63, 3.8) is 0 Å². The lowest BCUT2D eigenvalue weighted by atomic mass is 9.88. The van der Waals surface area contributed by atoms with Crippen molar-refractivity contribution in [2.75, 3.05) is 19.8 Å². The van der Waals surface area contributed by atoms with Gasteiger partial charge in [-0.05, 0) is 67.9 Å². The third kappa shape index (κ3) is 2.94. The minimum absolute atomic E-state index is 0.211. The number of fused-ring (bicyclic) bond motifs is 1. The Kier molecular flexibility index (Phi) is 4.12. The molecule has 2 fully saturated rings. The number of hydrogen-bond acceptors (Lipinski definition) is 3. The van der Waals surface area contributed by atoms with E-state index in [9.17, 15) is 4.79 Å². The van der Waals surface area contributed by atoms with Crippen molar-refractivity contribution in [2.45, 2.75) is 56.7 Å². The van der Waals surface area contributed by atoms with E-state index in [1.165, 1.54) is 11.1 Å². The summed E-state index contributed by atoms with van der Waals surface area (Å²) in [5.74, 6) is 0.211. The number of aliphatic imine (C=N–C) groups is 1. The Morgan fingerprint density at radius 3 is 2.90 bits per heavy atom. The van der Waals surface area contributed by atoms with Gasteiger partial charge in [-0.25, -0.2) is 0 Å². The molecule has 2 unspecified atom stereocenters. The Morgan fingerprint density at radius 2 is 2.07 bits per heavy atom. The third-order valence-electron chi connectivity index (χ3n) is 7.08. The molecule has 2 aromatic rings. The molecule has 2 aliphatic carbocycles. The number of benzene rings is 1. The van der Waals surface area contributed by atoms with Crippen molar-refractivity contribution >= 4 is 23.0 Å². The Labute approximate surface area is 171 Å². The molecule has 0 spiro atoms. The number of hydrogen-bond donors (Lipinski definition) is 0. The molecule has 3 heterocycles. The number of aromatic nitrogens is 1. The van der Waals surface area contributed by atoms with Crippen LogP contribution in [0.4, 0.5) is 0 Å². The van der Waals surface area contributed by atoms with Crippen LogP contribution in [0.1, 0.15) is 54.9 Å². The normalized spacial score (nSPS) is 26.3. The monoisotopic (exact) mass is 389 g/mol. The maximum absolute atomic E-state index is 13.8. The second kappa shape index (κ2) is 6.84. The molecule has 1 saturated heterocycles. The fourth-order valence-corrected chi connectivity index (χ4v) is 5.39. The molecule has 1 amide bonds. The van der Waals surface area contributed by atoms with Crippen LogP contribution < -0.4 is 0 Å². The summed E-state index contributed by atoms with van der Waals surface area (Å²) in [5.41, 5.74) is 4.87. The van der Waals surface area contributed by atoms with Crippen LogP contribution in [0.3, 0.4) is 0 Å². The molecule has 2 aliphatic heterocycles. The summed E-state index contributed by atoms with van der Waals surface area (Å²) in [4.78, 5) is 20.5.